The highest BCUT2D eigenvalue weighted by atomic mass is 16.6. The molecule has 0 saturated heterocycles. The lowest BCUT2D eigenvalue weighted by molar-refractivity contribution is 0.0362. The van der Waals surface area contributed by atoms with E-state index in [1.165, 1.54) is 0 Å². The Bertz CT molecular complexity index is 760. The van der Waals surface area contributed by atoms with Gasteiger partial charge in [0.25, 0.3) is 5.89 Å². The number of amides is 1. The van der Waals surface area contributed by atoms with E-state index < -0.39 is 17.2 Å². The number of aromatic nitrogens is 3. The summed E-state index contributed by atoms with van der Waals surface area (Å²) in [7, 11) is 0. The van der Waals surface area contributed by atoms with Crippen LogP contribution in [0.25, 0.3) is 11.5 Å². The van der Waals surface area contributed by atoms with Crippen LogP contribution in [0.4, 0.5) is 4.79 Å². The van der Waals surface area contributed by atoms with Crippen molar-refractivity contribution in [3.05, 3.63) is 24.2 Å². The van der Waals surface area contributed by atoms with E-state index in [2.05, 4.69) is 20.4 Å². The van der Waals surface area contributed by atoms with Crippen LogP contribution < -0.4 is 10.1 Å². The van der Waals surface area contributed by atoms with E-state index in [9.17, 15) is 4.79 Å². The van der Waals surface area contributed by atoms with Crippen molar-refractivity contribution in [3.8, 4) is 17.3 Å². The average molecular weight is 360 g/mol. The lowest BCUT2D eigenvalue weighted by Crippen LogP contribution is -2.52. The molecule has 0 aliphatic heterocycles. The predicted molar refractivity (Wildman–Crippen MR) is 93.6 cm³/mol. The van der Waals surface area contributed by atoms with Gasteiger partial charge in [-0.05, 0) is 53.0 Å². The largest absolute Gasteiger partial charge is 0.478 e. The topological polar surface area (TPSA) is 99.4 Å². The predicted octanol–water partition coefficient (Wildman–Crippen LogP) is 3.43. The minimum absolute atomic E-state index is 0.354. The Kier molecular flexibility index (Phi) is 4.84. The number of pyridine rings is 1. The van der Waals surface area contributed by atoms with Crippen molar-refractivity contribution < 1.29 is 18.8 Å². The molecule has 3 rings (SSSR count). The van der Waals surface area contributed by atoms with E-state index in [-0.39, 0.29) is 0 Å². The van der Waals surface area contributed by atoms with Gasteiger partial charge in [0.05, 0.1) is 12.2 Å². The van der Waals surface area contributed by atoms with Crippen molar-refractivity contribution in [1.82, 2.24) is 20.4 Å². The third-order valence-electron chi connectivity index (χ3n) is 4.08. The van der Waals surface area contributed by atoms with Crippen LogP contribution in [0.15, 0.2) is 22.9 Å². The Morgan fingerprint density at radius 2 is 2.12 bits per heavy atom. The molecule has 0 atom stereocenters. The number of rotatable bonds is 5. The number of alkyl carbamates (subject to hydrolysis) is 1. The van der Waals surface area contributed by atoms with Gasteiger partial charge in [0.15, 0.2) is 5.82 Å². The van der Waals surface area contributed by atoms with Crippen LogP contribution in [0.1, 0.15) is 52.8 Å². The molecular formula is C18H24N4O4. The minimum atomic E-state index is -0.636. The molecule has 2 heterocycles. The summed E-state index contributed by atoms with van der Waals surface area (Å²) in [6.07, 6.45) is 3.60. The highest BCUT2D eigenvalue weighted by Gasteiger charge is 2.45. The molecular weight excluding hydrogens is 336 g/mol. The molecule has 2 aromatic rings. The van der Waals surface area contributed by atoms with Gasteiger partial charge in [-0.1, -0.05) is 5.16 Å². The van der Waals surface area contributed by atoms with Crippen molar-refractivity contribution in [2.45, 2.75) is 58.1 Å². The first-order valence-corrected chi connectivity index (χ1v) is 8.76. The monoisotopic (exact) mass is 360 g/mol. The summed E-state index contributed by atoms with van der Waals surface area (Å²) < 4.78 is 16.1. The molecule has 1 aliphatic rings. The van der Waals surface area contributed by atoms with Gasteiger partial charge in [-0.2, -0.15) is 4.98 Å². The van der Waals surface area contributed by atoms with Gasteiger partial charge in [-0.15, -0.1) is 0 Å². The Balaban J connectivity index is 1.75. The van der Waals surface area contributed by atoms with Crippen molar-refractivity contribution in [1.29, 1.82) is 0 Å². The van der Waals surface area contributed by atoms with Crippen molar-refractivity contribution in [2.24, 2.45) is 0 Å². The van der Waals surface area contributed by atoms with E-state index in [0.29, 0.717) is 29.8 Å². The molecule has 2 aromatic heterocycles. The zero-order valence-corrected chi connectivity index (χ0v) is 15.5. The number of ether oxygens (including phenoxy) is 2. The molecule has 0 unspecified atom stereocenters. The molecule has 1 fully saturated rings. The third-order valence-corrected chi connectivity index (χ3v) is 4.08. The molecule has 0 bridgehead atoms. The molecule has 8 nitrogen and oxygen atoms in total. The first-order valence-electron chi connectivity index (χ1n) is 8.76. The highest BCUT2D eigenvalue weighted by Crippen LogP contribution is 2.40. The van der Waals surface area contributed by atoms with E-state index in [4.69, 9.17) is 14.0 Å². The number of carbonyl (C=O) groups is 1. The summed E-state index contributed by atoms with van der Waals surface area (Å²) in [4.78, 5) is 20.8. The number of carbonyl (C=O) groups excluding carboxylic acids is 1. The zero-order chi connectivity index (χ0) is 18.8. The van der Waals surface area contributed by atoms with E-state index >= 15 is 0 Å². The summed E-state index contributed by atoms with van der Waals surface area (Å²) in [6, 6.07) is 3.56. The fraction of sp³-hybridized carbons (Fsp3) is 0.556. The molecule has 140 valence electrons. The smallest absolute Gasteiger partial charge is 0.408 e. The van der Waals surface area contributed by atoms with E-state index in [1.54, 1.807) is 12.3 Å². The summed E-state index contributed by atoms with van der Waals surface area (Å²) >= 11 is 0. The summed E-state index contributed by atoms with van der Waals surface area (Å²) in [5.74, 6) is 1.35. The highest BCUT2D eigenvalue weighted by molar-refractivity contribution is 5.69. The third kappa shape index (κ3) is 3.95. The summed E-state index contributed by atoms with van der Waals surface area (Å²) in [5.41, 5.74) is -0.507. The summed E-state index contributed by atoms with van der Waals surface area (Å²) in [6.45, 7) is 7.92. The van der Waals surface area contributed by atoms with E-state index in [0.717, 1.165) is 19.3 Å². The van der Waals surface area contributed by atoms with Crippen molar-refractivity contribution in [3.63, 3.8) is 0 Å². The molecule has 1 saturated carbocycles. The van der Waals surface area contributed by atoms with Crippen LogP contribution in [0, 0.1) is 0 Å². The quantitative estimate of drug-likeness (QED) is 0.872. The van der Waals surface area contributed by atoms with Gasteiger partial charge in [0.2, 0.25) is 5.88 Å². The second-order valence-corrected chi connectivity index (χ2v) is 7.30. The fourth-order valence-electron chi connectivity index (χ4n) is 2.71. The van der Waals surface area contributed by atoms with Crippen LogP contribution in [0.2, 0.25) is 0 Å². The standard InChI is InChI=1S/C18H24N4O4/c1-5-24-13-8-7-12(11-19-13)14-20-15(22-26-14)18(9-6-10-18)21-16(23)25-17(2,3)4/h7-8,11H,5-6,9-10H2,1-4H3,(H,21,23). The van der Waals surface area contributed by atoms with Crippen LogP contribution in [0.3, 0.4) is 0 Å². The van der Waals surface area contributed by atoms with Crippen molar-refractivity contribution >= 4 is 6.09 Å². The zero-order valence-electron chi connectivity index (χ0n) is 15.5. The molecule has 0 spiro atoms. The number of nitrogens with one attached hydrogen (secondary N) is 1. The van der Waals surface area contributed by atoms with Crippen LogP contribution >= 0.6 is 0 Å². The normalized spacial score (nSPS) is 15.8. The van der Waals surface area contributed by atoms with Gasteiger partial charge in [0.1, 0.15) is 11.1 Å². The average Bonchev–Trinajstić information content (AvgIpc) is 3.00. The van der Waals surface area contributed by atoms with Crippen molar-refractivity contribution in [2.75, 3.05) is 6.61 Å². The molecule has 0 radical (unpaired) electrons. The summed E-state index contributed by atoms with van der Waals surface area (Å²) in [5, 5.41) is 6.99. The molecule has 8 heteroatoms. The van der Waals surface area contributed by atoms with E-state index in [1.807, 2.05) is 33.8 Å². The van der Waals surface area contributed by atoms with Gasteiger partial charge in [0, 0.05) is 12.3 Å². The Morgan fingerprint density at radius 1 is 1.35 bits per heavy atom. The maximum absolute atomic E-state index is 12.2. The number of hydrogen-bond donors (Lipinski definition) is 1. The molecule has 0 aromatic carbocycles. The van der Waals surface area contributed by atoms with Crippen LogP contribution in [-0.2, 0) is 10.3 Å². The van der Waals surface area contributed by atoms with Gasteiger partial charge in [-0.25, -0.2) is 9.78 Å². The number of nitrogens with zero attached hydrogens (tertiary/aromatic N) is 3. The van der Waals surface area contributed by atoms with Gasteiger partial charge >= 0.3 is 6.09 Å². The first kappa shape index (κ1) is 18.2. The Morgan fingerprint density at radius 3 is 2.65 bits per heavy atom. The van der Waals surface area contributed by atoms with Gasteiger partial charge in [-0.3, -0.25) is 0 Å². The van der Waals surface area contributed by atoms with Gasteiger partial charge < -0.3 is 19.3 Å². The number of hydrogen-bond acceptors (Lipinski definition) is 7. The van der Waals surface area contributed by atoms with Crippen LogP contribution in [0.5, 0.6) is 5.88 Å². The lowest BCUT2D eigenvalue weighted by atomic mass is 9.76. The minimum Gasteiger partial charge on any atom is -0.478 e. The Hall–Kier alpha value is -2.64. The molecule has 26 heavy (non-hydrogen) atoms. The molecule has 1 aliphatic carbocycles. The lowest BCUT2D eigenvalue weighted by Gasteiger charge is -2.39. The SMILES string of the molecule is CCOc1ccc(-c2nc(C3(NC(=O)OC(C)(C)C)CCC3)no2)cn1. The maximum atomic E-state index is 12.2. The second-order valence-electron chi connectivity index (χ2n) is 7.30. The fourth-order valence-corrected chi connectivity index (χ4v) is 2.71. The Labute approximate surface area is 152 Å². The first-order chi connectivity index (χ1) is 12.3. The second kappa shape index (κ2) is 6.93. The van der Waals surface area contributed by atoms with Crippen LogP contribution in [-0.4, -0.2) is 33.4 Å². The molecule has 1 amide bonds. The maximum Gasteiger partial charge on any atom is 0.408 e. The molecule has 1 N–H and O–H groups in total.